The second-order valence-corrected chi connectivity index (χ2v) is 49.6. The zero-order valence-corrected chi connectivity index (χ0v) is 18.5. The molecule has 1 aliphatic heterocycles. The molecule has 0 amide bonds. The third-order valence-electron chi connectivity index (χ3n) is 5.22. The molecule has 0 unspecified atom stereocenters. The first-order valence-electron chi connectivity index (χ1n) is 7.37. The van der Waals surface area contributed by atoms with Gasteiger partial charge in [-0.3, -0.25) is 0 Å². The molecule has 1 aliphatic rings. The summed E-state index contributed by atoms with van der Waals surface area (Å²) in [6, 6.07) is 0. The second-order valence-electron chi connectivity index (χ2n) is 9.28. The van der Waals surface area contributed by atoms with E-state index in [1.54, 1.807) is 0 Å². The van der Waals surface area contributed by atoms with Crippen molar-refractivity contribution in [1.29, 1.82) is 0 Å². The Labute approximate surface area is 119 Å². The van der Waals surface area contributed by atoms with Gasteiger partial charge in [0.15, 0.2) is 0 Å². The minimum atomic E-state index is -2.17. The zero-order valence-electron chi connectivity index (χ0n) is 14.3. The van der Waals surface area contributed by atoms with Crippen molar-refractivity contribution in [1.82, 2.24) is 0 Å². The average Bonchev–Trinajstić information content (AvgIpc) is 1.92. The molecule has 1 fully saturated rings. The summed E-state index contributed by atoms with van der Waals surface area (Å²) < 4.78 is 7.80. The van der Waals surface area contributed by atoms with Crippen molar-refractivity contribution in [2.24, 2.45) is 0 Å². The molecule has 3 heteroatoms. The second kappa shape index (κ2) is 4.52. The summed E-state index contributed by atoms with van der Waals surface area (Å²) in [7, 11) is 0. The maximum absolute atomic E-state index is 6.80. The predicted molar refractivity (Wildman–Crippen MR) is 87.3 cm³/mol. The van der Waals surface area contributed by atoms with Crippen molar-refractivity contribution < 1.29 is 3.76 Å². The fourth-order valence-electron chi connectivity index (χ4n) is 5.30. The SMILES string of the molecule is CC1(C)C[CH2][Ge]([C](C)(C)C)([C](C)(C)C)[Ge]([CH3])([CH3])[O]1. The molecule has 0 N–H and O–H groups in total. The molecule has 0 atom stereocenters. The van der Waals surface area contributed by atoms with Gasteiger partial charge in [-0.1, -0.05) is 0 Å². The van der Waals surface area contributed by atoms with Crippen molar-refractivity contribution in [3.63, 3.8) is 0 Å². The Hall–Kier alpha value is 1.05. The Bertz CT molecular complexity index is 304. The number of hydrogen-bond acceptors (Lipinski definition) is 1. The fraction of sp³-hybridized carbons (Fsp3) is 1.00. The van der Waals surface area contributed by atoms with Crippen molar-refractivity contribution in [2.75, 3.05) is 0 Å². The normalized spacial score (nSPS) is 27.0. The summed E-state index contributed by atoms with van der Waals surface area (Å²) in [5.41, 5.74) is 0.134. The number of hydrogen-bond donors (Lipinski definition) is 0. The van der Waals surface area contributed by atoms with Gasteiger partial charge in [0.2, 0.25) is 0 Å². The standard InChI is InChI=1S/C15H34Ge2O/c1-13(2,3)17(14(4,5)6)12-11-15(7,8)18-16(17,9)10/h11-12H2,1-10H3. The van der Waals surface area contributed by atoms with E-state index in [1.165, 1.54) is 11.7 Å². The van der Waals surface area contributed by atoms with E-state index in [0.717, 1.165) is 0 Å². The summed E-state index contributed by atoms with van der Waals surface area (Å²) in [4.78, 5) is 0. The van der Waals surface area contributed by atoms with Crippen LogP contribution >= 0.6 is 0 Å². The molecule has 0 aromatic carbocycles. The van der Waals surface area contributed by atoms with Gasteiger partial charge >= 0.3 is 119 Å². The van der Waals surface area contributed by atoms with Crippen LogP contribution in [-0.4, -0.2) is 28.5 Å². The Balaban J connectivity index is 3.39. The van der Waals surface area contributed by atoms with Crippen LogP contribution in [0.2, 0.25) is 25.3 Å². The average molecular weight is 376 g/mol. The van der Waals surface area contributed by atoms with Crippen LogP contribution in [0, 0.1) is 0 Å². The Kier molecular flexibility index (Phi) is 4.30. The van der Waals surface area contributed by atoms with E-state index < -0.39 is 22.9 Å². The van der Waals surface area contributed by atoms with Crippen molar-refractivity contribution in [2.45, 2.75) is 92.7 Å². The van der Waals surface area contributed by atoms with Crippen LogP contribution in [-0.2, 0) is 3.76 Å². The van der Waals surface area contributed by atoms with Gasteiger partial charge in [0.1, 0.15) is 0 Å². The van der Waals surface area contributed by atoms with Gasteiger partial charge < -0.3 is 0 Å². The van der Waals surface area contributed by atoms with Gasteiger partial charge in [-0.2, -0.15) is 0 Å². The maximum atomic E-state index is 6.80. The van der Waals surface area contributed by atoms with Crippen LogP contribution in [0.15, 0.2) is 0 Å². The first kappa shape index (κ1) is 17.1. The molecule has 0 aromatic heterocycles. The van der Waals surface area contributed by atoms with Gasteiger partial charge in [-0.15, -0.1) is 0 Å². The van der Waals surface area contributed by atoms with E-state index in [-0.39, 0.29) is 5.60 Å². The van der Waals surface area contributed by atoms with Crippen LogP contribution in [0.25, 0.3) is 0 Å². The summed E-state index contributed by atoms with van der Waals surface area (Å²) in [5, 5.41) is 1.51. The van der Waals surface area contributed by atoms with Crippen LogP contribution in [0.3, 0.4) is 0 Å². The molecule has 0 aliphatic carbocycles. The van der Waals surface area contributed by atoms with E-state index in [4.69, 9.17) is 3.76 Å². The Morgan fingerprint density at radius 1 is 0.889 bits per heavy atom. The molecule has 1 heterocycles. The van der Waals surface area contributed by atoms with Crippen molar-refractivity contribution >= 4 is 22.9 Å². The third-order valence-corrected chi connectivity index (χ3v) is 67.2. The zero-order chi connectivity index (χ0) is 14.6. The third kappa shape index (κ3) is 2.60. The van der Waals surface area contributed by atoms with E-state index in [1.807, 2.05) is 0 Å². The molecule has 1 rings (SSSR count). The van der Waals surface area contributed by atoms with Crippen LogP contribution in [0.1, 0.15) is 61.8 Å². The molecule has 0 radical (unpaired) electrons. The molecule has 1 nitrogen and oxygen atoms in total. The van der Waals surface area contributed by atoms with Gasteiger partial charge in [-0.25, -0.2) is 0 Å². The summed E-state index contributed by atoms with van der Waals surface area (Å²) in [5.74, 6) is 5.13. The summed E-state index contributed by atoms with van der Waals surface area (Å²) in [6.45, 7) is 19.6. The molecule has 18 heavy (non-hydrogen) atoms. The fourth-order valence-corrected chi connectivity index (χ4v) is 79.8. The van der Waals surface area contributed by atoms with E-state index >= 15 is 0 Å². The topological polar surface area (TPSA) is 9.23 Å². The van der Waals surface area contributed by atoms with Gasteiger partial charge in [0, 0.05) is 0 Å². The predicted octanol–water partition coefficient (Wildman–Crippen LogP) is 5.52. The molecular weight excluding hydrogens is 341 g/mol. The Morgan fingerprint density at radius 2 is 1.28 bits per heavy atom. The summed E-state index contributed by atoms with van der Waals surface area (Å²) in [6.07, 6.45) is 1.27. The van der Waals surface area contributed by atoms with Crippen molar-refractivity contribution in [3.8, 4) is 0 Å². The molecule has 108 valence electrons. The quantitative estimate of drug-likeness (QED) is 0.507. The van der Waals surface area contributed by atoms with Crippen LogP contribution < -0.4 is 0 Å². The van der Waals surface area contributed by atoms with E-state index in [0.29, 0.717) is 8.49 Å². The van der Waals surface area contributed by atoms with E-state index in [2.05, 4.69) is 66.9 Å². The van der Waals surface area contributed by atoms with Crippen LogP contribution in [0.4, 0.5) is 0 Å². The molecule has 0 bridgehead atoms. The molecular formula is C15H34Ge2O. The molecule has 0 saturated carbocycles. The molecule has 1 saturated heterocycles. The van der Waals surface area contributed by atoms with Crippen molar-refractivity contribution in [3.05, 3.63) is 0 Å². The molecule has 0 aromatic rings. The first-order valence-corrected chi connectivity index (χ1v) is 22.5. The molecule has 0 spiro atoms. The minimum absolute atomic E-state index is 0.134. The Morgan fingerprint density at radius 3 is 1.56 bits per heavy atom. The first-order chi connectivity index (χ1) is 7.66. The number of rotatable bonds is 0. The van der Waals surface area contributed by atoms with Gasteiger partial charge in [0.25, 0.3) is 0 Å². The van der Waals surface area contributed by atoms with Gasteiger partial charge in [-0.05, 0) is 0 Å². The van der Waals surface area contributed by atoms with Crippen LogP contribution in [0.5, 0.6) is 0 Å². The van der Waals surface area contributed by atoms with Gasteiger partial charge in [0.05, 0.1) is 0 Å². The summed E-state index contributed by atoms with van der Waals surface area (Å²) >= 11 is -4.24. The monoisotopic (exact) mass is 378 g/mol. The van der Waals surface area contributed by atoms with E-state index in [9.17, 15) is 0 Å².